The second-order valence-corrected chi connectivity index (χ2v) is 9.53. The first kappa shape index (κ1) is 20.2. The minimum Gasteiger partial charge on any atom is -0.481 e. The minimum absolute atomic E-state index is 0.104. The first-order valence-corrected chi connectivity index (χ1v) is 10.4. The molecule has 1 N–H and O–H groups in total. The molecule has 1 aromatic carbocycles. The SMILES string of the molecule is COC[C@]1(C)CCC2(OC(=O)[C@@]3(C[C@@H]3CNc3ccccc3)N=C2OC)C1(C)C. The second kappa shape index (κ2) is 6.73. The van der Waals surface area contributed by atoms with Crippen molar-refractivity contribution in [3.05, 3.63) is 30.3 Å². The van der Waals surface area contributed by atoms with Gasteiger partial charge in [0.25, 0.3) is 0 Å². The Hall–Kier alpha value is -2.08. The van der Waals surface area contributed by atoms with Crippen LogP contribution in [0.5, 0.6) is 0 Å². The van der Waals surface area contributed by atoms with Gasteiger partial charge in [0.05, 0.1) is 13.7 Å². The Morgan fingerprint density at radius 2 is 1.90 bits per heavy atom. The molecule has 0 saturated heterocycles. The van der Waals surface area contributed by atoms with Crippen molar-refractivity contribution in [3.8, 4) is 0 Å². The van der Waals surface area contributed by atoms with Crippen LogP contribution in [0.2, 0.25) is 0 Å². The number of para-hydroxylation sites is 1. The Balaban J connectivity index is 1.59. The molecule has 2 spiro atoms. The Morgan fingerprint density at radius 1 is 1.17 bits per heavy atom. The minimum atomic E-state index is -0.836. The number of hydrogen-bond acceptors (Lipinski definition) is 6. The lowest BCUT2D eigenvalue weighted by Gasteiger charge is -2.49. The summed E-state index contributed by atoms with van der Waals surface area (Å²) in [6.07, 6.45) is 2.27. The van der Waals surface area contributed by atoms with Crippen molar-refractivity contribution in [1.29, 1.82) is 0 Å². The van der Waals surface area contributed by atoms with Crippen LogP contribution in [0.4, 0.5) is 5.69 Å². The van der Waals surface area contributed by atoms with Gasteiger partial charge in [-0.25, -0.2) is 9.79 Å². The molecular weight excluding hydrogens is 368 g/mol. The topological polar surface area (TPSA) is 69.2 Å². The van der Waals surface area contributed by atoms with Crippen molar-refractivity contribution in [3.63, 3.8) is 0 Å². The van der Waals surface area contributed by atoms with Crippen LogP contribution in [-0.4, -0.2) is 50.4 Å². The molecule has 0 aromatic heterocycles. The van der Waals surface area contributed by atoms with Crippen molar-refractivity contribution in [2.75, 3.05) is 32.7 Å². The van der Waals surface area contributed by atoms with Gasteiger partial charge in [0.15, 0.2) is 11.1 Å². The predicted octanol–water partition coefficient (Wildman–Crippen LogP) is 3.67. The van der Waals surface area contributed by atoms with Gasteiger partial charge in [0.2, 0.25) is 5.90 Å². The maximum Gasteiger partial charge on any atom is 0.335 e. The fraction of sp³-hybridized carbons (Fsp3) is 0.652. The second-order valence-electron chi connectivity index (χ2n) is 9.53. The number of hydrogen-bond donors (Lipinski definition) is 1. The van der Waals surface area contributed by atoms with E-state index >= 15 is 0 Å². The fourth-order valence-corrected chi connectivity index (χ4v) is 5.25. The van der Waals surface area contributed by atoms with Crippen LogP contribution >= 0.6 is 0 Å². The number of nitrogens with one attached hydrogen (secondary N) is 1. The molecule has 158 valence electrons. The molecule has 4 rings (SSSR count). The summed E-state index contributed by atoms with van der Waals surface area (Å²) in [6, 6.07) is 10.0. The average molecular weight is 401 g/mol. The van der Waals surface area contributed by atoms with E-state index in [-0.39, 0.29) is 22.7 Å². The quantitative estimate of drug-likeness (QED) is 0.764. The van der Waals surface area contributed by atoms with Crippen molar-refractivity contribution in [2.24, 2.45) is 21.7 Å². The van der Waals surface area contributed by atoms with Gasteiger partial charge in [0, 0.05) is 36.1 Å². The highest BCUT2D eigenvalue weighted by atomic mass is 16.6. The van der Waals surface area contributed by atoms with Crippen molar-refractivity contribution >= 4 is 17.6 Å². The van der Waals surface area contributed by atoms with Crippen LogP contribution < -0.4 is 5.32 Å². The Morgan fingerprint density at radius 3 is 2.55 bits per heavy atom. The summed E-state index contributed by atoms with van der Waals surface area (Å²) in [5, 5.41) is 3.40. The van der Waals surface area contributed by atoms with Crippen LogP contribution in [0.1, 0.15) is 40.0 Å². The van der Waals surface area contributed by atoms with Crippen molar-refractivity contribution in [1.82, 2.24) is 0 Å². The summed E-state index contributed by atoms with van der Waals surface area (Å²) in [6.45, 7) is 7.75. The third kappa shape index (κ3) is 2.79. The highest BCUT2D eigenvalue weighted by molar-refractivity contribution is 5.99. The van der Waals surface area contributed by atoms with Gasteiger partial charge in [0.1, 0.15) is 0 Å². The molecule has 0 bridgehead atoms. The molecular formula is C23H32N2O4. The molecule has 6 nitrogen and oxygen atoms in total. The largest absolute Gasteiger partial charge is 0.481 e. The number of ether oxygens (including phenoxy) is 3. The average Bonchev–Trinajstić information content (AvgIpc) is 3.37. The zero-order valence-electron chi connectivity index (χ0n) is 18.1. The number of carbonyl (C=O) groups is 1. The third-order valence-electron chi connectivity index (χ3n) is 7.87. The van der Waals surface area contributed by atoms with Crippen LogP contribution in [-0.2, 0) is 19.0 Å². The third-order valence-corrected chi connectivity index (χ3v) is 7.87. The zero-order chi connectivity index (χ0) is 20.9. The first-order valence-electron chi connectivity index (χ1n) is 10.4. The number of anilines is 1. The molecule has 0 amide bonds. The lowest BCUT2D eigenvalue weighted by atomic mass is 9.63. The van der Waals surface area contributed by atoms with Gasteiger partial charge in [-0.2, -0.15) is 0 Å². The van der Waals surface area contributed by atoms with E-state index in [1.54, 1.807) is 14.2 Å². The lowest BCUT2D eigenvalue weighted by Crippen LogP contribution is -2.60. The molecule has 6 heteroatoms. The van der Waals surface area contributed by atoms with Crippen LogP contribution in [0, 0.1) is 16.7 Å². The van der Waals surface area contributed by atoms with Gasteiger partial charge < -0.3 is 19.5 Å². The van der Waals surface area contributed by atoms with E-state index in [9.17, 15) is 4.79 Å². The molecule has 29 heavy (non-hydrogen) atoms. The number of aliphatic imine (C=N–C) groups is 1. The number of esters is 1. The summed E-state index contributed by atoms with van der Waals surface area (Å²) >= 11 is 0. The fourth-order valence-electron chi connectivity index (χ4n) is 5.25. The highest BCUT2D eigenvalue weighted by Crippen LogP contribution is 2.63. The zero-order valence-corrected chi connectivity index (χ0v) is 18.1. The van der Waals surface area contributed by atoms with Crippen LogP contribution in [0.3, 0.4) is 0 Å². The standard InChI is InChI=1S/C23H32N2O4/c1-20(2)21(3,15-27-4)11-12-23(20)18(28-5)25-22(19(26)29-23)13-16(22)14-24-17-9-7-6-8-10-17/h6-10,16,24H,11-15H2,1-5H3/t16-,21+,22+,23?/m1/s1. The van der Waals surface area contributed by atoms with Gasteiger partial charge in [-0.3, -0.25) is 0 Å². The number of methoxy groups -OCH3 is 2. The Kier molecular flexibility index (Phi) is 4.69. The van der Waals surface area contributed by atoms with Gasteiger partial charge in [-0.05, 0) is 31.4 Å². The summed E-state index contributed by atoms with van der Waals surface area (Å²) in [7, 11) is 3.35. The molecule has 4 atom stereocenters. The van der Waals surface area contributed by atoms with E-state index in [1.807, 2.05) is 30.3 Å². The molecule has 1 aromatic rings. The number of benzene rings is 1. The molecule has 3 aliphatic rings. The normalized spacial score (nSPS) is 37.3. The molecule has 2 aliphatic carbocycles. The summed E-state index contributed by atoms with van der Waals surface area (Å²) in [5.41, 5.74) is -1.11. The number of rotatable bonds is 5. The molecule has 0 radical (unpaired) electrons. The summed E-state index contributed by atoms with van der Waals surface area (Å²) in [5.74, 6) is 0.449. The number of nitrogens with zero attached hydrogens (tertiary/aromatic N) is 1. The highest BCUT2D eigenvalue weighted by Gasteiger charge is 2.73. The van der Waals surface area contributed by atoms with E-state index < -0.39 is 11.1 Å². The Labute approximate surface area is 173 Å². The van der Waals surface area contributed by atoms with Gasteiger partial charge in [-0.1, -0.05) is 39.0 Å². The molecule has 2 fully saturated rings. The van der Waals surface area contributed by atoms with Gasteiger partial charge >= 0.3 is 5.97 Å². The lowest BCUT2D eigenvalue weighted by molar-refractivity contribution is -0.174. The maximum absolute atomic E-state index is 13.2. The van der Waals surface area contributed by atoms with Crippen LogP contribution in [0.15, 0.2) is 35.3 Å². The van der Waals surface area contributed by atoms with E-state index in [1.165, 1.54) is 0 Å². The summed E-state index contributed by atoms with van der Waals surface area (Å²) < 4.78 is 17.6. The van der Waals surface area contributed by atoms with E-state index in [2.05, 4.69) is 26.1 Å². The number of carbonyl (C=O) groups excluding carboxylic acids is 1. The smallest absolute Gasteiger partial charge is 0.335 e. The molecule has 1 aliphatic heterocycles. The predicted molar refractivity (Wildman–Crippen MR) is 112 cm³/mol. The van der Waals surface area contributed by atoms with Crippen LogP contribution in [0.25, 0.3) is 0 Å². The maximum atomic E-state index is 13.2. The van der Waals surface area contributed by atoms with E-state index in [0.29, 0.717) is 31.9 Å². The molecule has 1 unspecified atom stereocenters. The molecule has 2 saturated carbocycles. The molecule has 1 heterocycles. The van der Waals surface area contributed by atoms with Crippen molar-refractivity contribution in [2.45, 2.75) is 51.2 Å². The monoisotopic (exact) mass is 400 g/mol. The first-order chi connectivity index (χ1) is 13.7. The summed E-state index contributed by atoms with van der Waals surface area (Å²) in [4.78, 5) is 18.1. The van der Waals surface area contributed by atoms with Gasteiger partial charge in [-0.15, -0.1) is 0 Å². The Bertz CT molecular complexity index is 823. The van der Waals surface area contributed by atoms with E-state index in [4.69, 9.17) is 19.2 Å². The van der Waals surface area contributed by atoms with E-state index in [0.717, 1.165) is 12.1 Å². The van der Waals surface area contributed by atoms with Crippen molar-refractivity contribution < 1.29 is 19.0 Å².